The van der Waals surface area contributed by atoms with Gasteiger partial charge in [0.2, 0.25) is 5.91 Å². The first-order valence-electron chi connectivity index (χ1n) is 12.5. The molecule has 1 heterocycles. The summed E-state index contributed by atoms with van der Waals surface area (Å²) in [4.78, 5) is 15.3. The molecule has 1 N–H and O–H groups in total. The van der Waals surface area contributed by atoms with Crippen molar-refractivity contribution in [1.82, 2.24) is 5.32 Å². The Kier molecular flexibility index (Phi) is 8.87. The van der Waals surface area contributed by atoms with Crippen LogP contribution in [0.3, 0.4) is 0 Å². The van der Waals surface area contributed by atoms with Gasteiger partial charge in [-0.25, -0.2) is 12.8 Å². The van der Waals surface area contributed by atoms with Gasteiger partial charge in [-0.3, -0.25) is 9.10 Å². The molecule has 0 saturated carbocycles. The molecule has 1 amide bonds. The van der Waals surface area contributed by atoms with Crippen LogP contribution in [0.5, 0.6) is 11.5 Å². The number of halogens is 2. The molecule has 0 aromatic heterocycles. The van der Waals surface area contributed by atoms with Crippen molar-refractivity contribution in [3.63, 3.8) is 0 Å². The summed E-state index contributed by atoms with van der Waals surface area (Å²) >= 11 is 5.96. The smallest absolute Gasteiger partial charge is 0.264 e. The molecule has 3 aromatic rings. The lowest BCUT2D eigenvalue weighted by atomic mass is 10.1. The fraction of sp³-hybridized carbons (Fsp3) is 0.321. The zero-order valence-electron chi connectivity index (χ0n) is 22.0. The third-order valence-corrected chi connectivity index (χ3v) is 8.72. The van der Waals surface area contributed by atoms with Gasteiger partial charge in [0.1, 0.15) is 12.4 Å². The Balaban J connectivity index is 1.58. The Morgan fingerprint density at radius 2 is 1.69 bits per heavy atom. The number of ether oxygens (including phenoxy) is 2. The van der Waals surface area contributed by atoms with E-state index in [1.165, 1.54) is 57.4 Å². The van der Waals surface area contributed by atoms with E-state index in [4.69, 9.17) is 21.1 Å². The van der Waals surface area contributed by atoms with Crippen molar-refractivity contribution in [3.05, 3.63) is 77.1 Å². The molecule has 8 nitrogen and oxygen atoms in total. The highest BCUT2D eigenvalue weighted by Crippen LogP contribution is 2.33. The lowest BCUT2D eigenvalue weighted by molar-refractivity contribution is -0.120. The van der Waals surface area contributed by atoms with Gasteiger partial charge in [-0.2, -0.15) is 0 Å². The predicted molar refractivity (Wildman–Crippen MR) is 150 cm³/mol. The Hall–Kier alpha value is -3.50. The number of carbonyl (C=O) groups excluding carboxylic acids is 1. The molecule has 3 aromatic carbocycles. The first-order valence-corrected chi connectivity index (χ1v) is 14.3. The van der Waals surface area contributed by atoms with Crippen molar-refractivity contribution in [2.75, 3.05) is 43.1 Å². The molecule has 0 spiro atoms. The minimum absolute atomic E-state index is 0.0361. The van der Waals surface area contributed by atoms with Gasteiger partial charge < -0.3 is 19.7 Å². The van der Waals surface area contributed by atoms with Crippen LogP contribution < -0.4 is 24.0 Å². The van der Waals surface area contributed by atoms with Gasteiger partial charge >= 0.3 is 0 Å². The predicted octanol–water partition coefficient (Wildman–Crippen LogP) is 5.17. The number of sulfonamides is 1. The summed E-state index contributed by atoms with van der Waals surface area (Å²) in [5.41, 5.74) is 2.05. The highest BCUT2D eigenvalue weighted by molar-refractivity contribution is 7.92. The summed E-state index contributed by atoms with van der Waals surface area (Å²) in [6, 6.07) is 15.2. The third kappa shape index (κ3) is 6.39. The number of hydrogen-bond acceptors (Lipinski definition) is 6. The van der Waals surface area contributed by atoms with E-state index in [0.29, 0.717) is 5.75 Å². The molecule has 208 valence electrons. The minimum atomic E-state index is -4.30. The molecule has 4 rings (SSSR count). The van der Waals surface area contributed by atoms with Gasteiger partial charge in [-0.15, -0.1) is 0 Å². The molecule has 0 radical (unpaired) electrons. The average Bonchev–Trinajstić information content (AvgIpc) is 3.48. The number of benzene rings is 3. The maximum Gasteiger partial charge on any atom is 0.264 e. The Morgan fingerprint density at radius 1 is 1.03 bits per heavy atom. The first-order chi connectivity index (χ1) is 18.6. The number of anilines is 2. The number of rotatable bonds is 10. The van der Waals surface area contributed by atoms with Crippen LogP contribution in [-0.2, 0) is 14.8 Å². The van der Waals surface area contributed by atoms with Crippen molar-refractivity contribution in [2.45, 2.75) is 30.7 Å². The summed E-state index contributed by atoms with van der Waals surface area (Å²) in [6.45, 7) is 3.33. The van der Waals surface area contributed by atoms with Crippen molar-refractivity contribution in [1.29, 1.82) is 0 Å². The van der Waals surface area contributed by atoms with E-state index in [-0.39, 0.29) is 27.4 Å². The topological polar surface area (TPSA) is 88.2 Å². The molecule has 0 aliphatic carbocycles. The molecule has 1 aliphatic heterocycles. The van der Waals surface area contributed by atoms with Crippen LogP contribution in [0.2, 0.25) is 5.02 Å². The molecule has 1 aliphatic rings. The number of methoxy groups -OCH3 is 2. The van der Waals surface area contributed by atoms with Crippen LogP contribution in [0.1, 0.15) is 31.4 Å². The van der Waals surface area contributed by atoms with Crippen LogP contribution in [-0.4, -0.2) is 48.2 Å². The van der Waals surface area contributed by atoms with Crippen LogP contribution in [0.4, 0.5) is 15.8 Å². The van der Waals surface area contributed by atoms with E-state index in [2.05, 4.69) is 10.2 Å². The summed E-state index contributed by atoms with van der Waals surface area (Å²) in [5, 5.41) is 2.59. The van der Waals surface area contributed by atoms with Crippen LogP contribution in [0.15, 0.2) is 65.6 Å². The molecule has 11 heteroatoms. The SMILES string of the molecule is COc1ccc(S(=O)(=O)N(CC(=O)NC(C)c2ccc(N3CCCC3)cc2)c2ccc(F)c(Cl)c2)cc1OC. The maximum absolute atomic E-state index is 13.9. The average molecular weight is 576 g/mol. The fourth-order valence-electron chi connectivity index (χ4n) is 4.51. The second-order valence-electron chi connectivity index (χ2n) is 9.20. The number of amides is 1. The summed E-state index contributed by atoms with van der Waals surface area (Å²) in [7, 11) is -1.48. The van der Waals surface area contributed by atoms with Crippen LogP contribution >= 0.6 is 11.6 Å². The van der Waals surface area contributed by atoms with E-state index < -0.39 is 28.3 Å². The number of nitrogens with one attached hydrogen (secondary N) is 1. The normalized spacial score (nSPS) is 14.1. The second-order valence-corrected chi connectivity index (χ2v) is 11.5. The first kappa shape index (κ1) is 28.5. The molecule has 1 fully saturated rings. The standard InChI is InChI=1S/C28H31ClFN3O5S/c1-19(20-6-8-21(9-7-20)32-14-4-5-15-32)31-28(34)18-33(22-10-12-25(30)24(29)16-22)39(35,36)23-11-13-26(37-2)27(17-23)38-3/h6-13,16-17,19H,4-5,14-15,18H2,1-3H3,(H,31,34). The van der Waals surface area contributed by atoms with Gasteiger partial charge in [0.25, 0.3) is 10.0 Å². The summed E-state index contributed by atoms with van der Waals surface area (Å²) in [6.07, 6.45) is 2.35. The van der Waals surface area contributed by atoms with Gasteiger partial charge in [0.15, 0.2) is 11.5 Å². The van der Waals surface area contributed by atoms with Gasteiger partial charge in [-0.1, -0.05) is 23.7 Å². The highest BCUT2D eigenvalue weighted by Gasteiger charge is 2.29. The number of hydrogen-bond donors (Lipinski definition) is 1. The summed E-state index contributed by atoms with van der Waals surface area (Å²) in [5.74, 6) is -0.712. The van der Waals surface area contributed by atoms with Crippen molar-refractivity contribution in [2.24, 2.45) is 0 Å². The number of carbonyl (C=O) groups is 1. The lowest BCUT2D eigenvalue weighted by Gasteiger charge is -2.26. The zero-order valence-corrected chi connectivity index (χ0v) is 23.6. The van der Waals surface area contributed by atoms with Crippen LogP contribution in [0.25, 0.3) is 0 Å². The van der Waals surface area contributed by atoms with Crippen molar-refractivity contribution in [3.8, 4) is 11.5 Å². The zero-order chi connectivity index (χ0) is 28.2. The van der Waals surface area contributed by atoms with Crippen molar-refractivity contribution >= 4 is 38.9 Å². The monoisotopic (exact) mass is 575 g/mol. The molecule has 1 unspecified atom stereocenters. The lowest BCUT2D eigenvalue weighted by Crippen LogP contribution is -2.41. The maximum atomic E-state index is 13.9. The molecule has 1 saturated heterocycles. The fourth-order valence-corrected chi connectivity index (χ4v) is 6.11. The van der Waals surface area contributed by atoms with E-state index in [0.717, 1.165) is 34.7 Å². The molecule has 39 heavy (non-hydrogen) atoms. The van der Waals surface area contributed by atoms with E-state index >= 15 is 0 Å². The number of nitrogens with zero attached hydrogens (tertiary/aromatic N) is 2. The molecule has 1 atom stereocenters. The second kappa shape index (κ2) is 12.1. The Morgan fingerprint density at radius 3 is 2.31 bits per heavy atom. The van der Waals surface area contributed by atoms with Crippen molar-refractivity contribution < 1.29 is 27.1 Å². The quantitative estimate of drug-likeness (QED) is 0.359. The third-order valence-electron chi connectivity index (χ3n) is 6.66. The van der Waals surface area contributed by atoms with E-state index in [9.17, 15) is 17.6 Å². The van der Waals surface area contributed by atoms with Gasteiger partial charge in [-0.05, 0) is 67.8 Å². The van der Waals surface area contributed by atoms with E-state index in [1.807, 2.05) is 31.2 Å². The Labute approximate surface area is 233 Å². The van der Waals surface area contributed by atoms with Gasteiger partial charge in [0.05, 0.1) is 35.9 Å². The van der Waals surface area contributed by atoms with Gasteiger partial charge in [0, 0.05) is 24.8 Å². The Bertz CT molecular complexity index is 1430. The molecule has 0 bridgehead atoms. The van der Waals surface area contributed by atoms with E-state index in [1.54, 1.807) is 0 Å². The molecular weight excluding hydrogens is 545 g/mol. The highest BCUT2D eigenvalue weighted by atomic mass is 35.5. The molecular formula is C28H31ClFN3O5S. The summed E-state index contributed by atoms with van der Waals surface area (Å²) < 4.78 is 52.8. The largest absolute Gasteiger partial charge is 0.493 e. The minimum Gasteiger partial charge on any atom is -0.493 e. The van der Waals surface area contributed by atoms with Crippen LogP contribution in [0, 0.1) is 5.82 Å².